The summed E-state index contributed by atoms with van der Waals surface area (Å²) in [4.78, 5) is 16.4. The van der Waals surface area contributed by atoms with Gasteiger partial charge in [-0.05, 0) is 83.6 Å². The van der Waals surface area contributed by atoms with Gasteiger partial charge in [-0.15, -0.1) is 0 Å². The maximum atomic E-state index is 10.9. The van der Waals surface area contributed by atoms with E-state index in [1.807, 2.05) is 78.9 Å². The molecule has 166 valence electrons. The minimum atomic E-state index is 0.244. The van der Waals surface area contributed by atoms with Gasteiger partial charge in [-0.2, -0.15) is 0 Å². The molecule has 0 radical (unpaired) electrons. The molecule has 8 bridgehead atoms. The maximum absolute atomic E-state index is 10.9. The van der Waals surface area contributed by atoms with Crippen LogP contribution in [0.25, 0.3) is 68.3 Å². The van der Waals surface area contributed by atoms with Gasteiger partial charge in [0.1, 0.15) is 5.75 Å². The zero-order valence-electron chi connectivity index (χ0n) is 18.7. The standard InChI is InChI=1S/C30H20N4O/c35-29-12-5-18-3-1-2-4-26(18)30(29)27-16-25-15-23-9-8-21(32-23)13-19-6-7-20(31-19)14-22-10-11-24(33-22)17-28(27)34-25/h1-17,32,34-35H. The first kappa shape index (κ1) is 19.6. The Labute approximate surface area is 200 Å². The summed E-state index contributed by atoms with van der Waals surface area (Å²) in [5.41, 5.74) is 8.92. The summed E-state index contributed by atoms with van der Waals surface area (Å²) in [6.07, 6.45) is 7.98. The van der Waals surface area contributed by atoms with Crippen molar-refractivity contribution >= 4 is 57.1 Å². The van der Waals surface area contributed by atoms with Gasteiger partial charge in [-0.3, -0.25) is 0 Å². The fourth-order valence-electron chi connectivity index (χ4n) is 4.77. The smallest absolute Gasteiger partial charge is 0.124 e. The van der Waals surface area contributed by atoms with Crippen LogP contribution in [0.5, 0.6) is 5.75 Å². The summed E-state index contributed by atoms with van der Waals surface area (Å²) < 4.78 is 0. The van der Waals surface area contributed by atoms with Gasteiger partial charge in [0.2, 0.25) is 0 Å². The number of aromatic hydroxyl groups is 1. The summed E-state index contributed by atoms with van der Waals surface area (Å²) in [5, 5.41) is 13.0. The van der Waals surface area contributed by atoms with Crippen molar-refractivity contribution in [3.05, 3.63) is 102 Å². The summed E-state index contributed by atoms with van der Waals surface area (Å²) in [7, 11) is 0. The van der Waals surface area contributed by atoms with Crippen molar-refractivity contribution in [1.82, 2.24) is 19.9 Å². The Bertz CT molecular complexity index is 1870. The molecular weight excluding hydrogens is 432 g/mol. The van der Waals surface area contributed by atoms with Crippen LogP contribution in [0.4, 0.5) is 0 Å². The van der Waals surface area contributed by atoms with Gasteiger partial charge in [0.25, 0.3) is 0 Å². The summed E-state index contributed by atoms with van der Waals surface area (Å²) in [5.74, 6) is 0.244. The van der Waals surface area contributed by atoms with Crippen LogP contribution in [0.2, 0.25) is 0 Å². The highest BCUT2D eigenvalue weighted by atomic mass is 16.3. The van der Waals surface area contributed by atoms with Crippen LogP contribution in [0, 0.1) is 0 Å². The highest BCUT2D eigenvalue weighted by Crippen LogP contribution is 2.39. The fourth-order valence-corrected chi connectivity index (χ4v) is 4.77. The lowest BCUT2D eigenvalue weighted by atomic mass is 9.98. The highest BCUT2D eigenvalue weighted by molar-refractivity contribution is 6.04. The van der Waals surface area contributed by atoms with Gasteiger partial charge in [0.05, 0.1) is 22.8 Å². The number of fused-ring (bicyclic) bond motifs is 9. The Balaban J connectivity index is 1.58. The van der Waals surface area contributed by atoms with Gasteiger partial charge in [0.15, 0.2) is 0 Å². The van der Waals surface area contributed by atoms with Crippen LogP contribution in [0.1, 0.15) is 22.8 Å². The normalized spacial score (nSPS) is 12.5. The average Bonchev–Trinajstić information content (AvgIpc) is 3.65. The van der Waals surface area contributed by atoms with E-state index in [1.165, 1.54) is 0 Å². The molecule has 5 aromatic rings. The molecule has 2 aliphatic rings. The molecule has 0 atom stereocenters. The van der Waals surface area contributed by atoms with Crippen molar-refractivity contribution in [3.8, 4) is 16.9 Å². The average molecular weight is 453 g/mol. The molecule has 5 nitrogen and oxygen atoms in total. The zero-order valence-corrected chi connectivity index (χ0v) is 18.7. The van der Waals surface area contributed by atoms with E-state index in [2.05, 4.69) is 33.2 Å². The second-order valence-corrected chi connectivity index (χ2v) is 8.77. The van der Waals surface area contributed by atoms with E-state index in [4.69, 9.17) is 4.98 Å². The molecule has 3 aromatic heterocycles. The van der Waals surface area contributed by atoms with Gasteiger partial charge >= 0.3 is 0 Å². The molecule has 0 fully saturated rings. The van der Waals surface area contributed by atoms with Crippen molar-refractivity contribution in [2.45, 2.75) is 0 Å². The van der Waals surface area contributed by atoms with E-state index in [9.17, 15) is 5.11 Å². The molecule has 0 spiro atoms. The Morgan fingerprint density at radius 3 is 2.06 bits per heavy atom. The van der Waals surface area contributed by atoms with Crippen molar-refractivity contribution in [2.75, 3.05) is 0 Å². The van der Waals surface area contributed by atoms with Crippen LogP contribution in [0.15, 0.2) is 78.9 Å². The number of phenolic OH excluding ortho intramolecular Hbond substituents is 1. The van der Waals surface area contributed by atoms with Gasteiger partial charge < -0.3 is 15.1 Å². The van der Waals surface area contributed by atoms with Crippen LogP contribution in [0.3, 0.4) is 0 Å². The number of benzene rings is 2. The number of nitrogens with zero attached hydrogens (tertiary/aromatic N) is 2. The molecular formula is C30H20N4O. The number of nitrogens with one attached hydrogen (secondary N) is 2. The summed E-state index contributed by atoms with van der Waals surface area (Å²) in [6, 6.07) is 26.1. The Kier molecular flexibility index (Phi) is 4.23. The van der Waals surface area contributed by atoms with Crippen molar-refractivity contribution in [2.24, 2.45) is 0 Å². The summed E-state index contributed by atoms with van der Waals surface area (Å²) >= 11 is 0. The van der Waals surface area contributed by atoms with E-state index in [-0.39, 0.29) is 5.75 Å². The molecule has 0 aliphatic carbocycles. The number of hydrogen-bond acceptors (Lipinski definition) is 3. The quantitative estimate of drug-likeness (QED) is 0.247. The van der Waals surface area contributed by atoms with Crippen molar-refractivity contribution in [3.63, 3.8) is 0 Å². The number of aromatic nitrogens is 4. The minimum absolute atomic E-state index is 0.244. The molecule has 0 amide bonds. The second kappa shape index (κ2) is 7.57. The third-order valence-electron chi connectivity index (χ3n) is 6.34. The molecule has 2 aliphatic heterocycles. The Morgan fingerprint density at radius 2 is 1.26 bits per heavy atom. The van der Waals surface area contributed by atoms with Crippen LogP contribution >= 0.6 is 0 Å². The Morgan fingerprint density at radius 1 is 0.571 bits per heavy atom. The van der Waals surface area contributed by atoms with Crippen molar-refractivity contribution in [1.29, 1.82) is 0 Å². The number of hydrogen-bond donors (Lipinski definition) is 3. The number of H-pyrrole nitrogens is 2. The predicted octanol–water partition coefficient (Wildman–Crippen LogP) is 7.18. The molecule has 7 rings (SSSR count). The molecule has 2 aromatic carbocycles. The van der Waals surface area contributed by atoms with Crippen LogP contribution < -0.4 is 0 Å². The Hall–Kier alpha value is -4.90. The first-order valence-corrected chi connectivity index (χ1v) is 11.5. The zero-order chi connectivity index (χ0) is 23.4. The SMILES string of the molecule is Oc1ccc2ccccc2c1-c1cc2cc3ccc(cc4nc(cc5nc(cc1[nH]2)C=C5)C=C4)[nH]3. The van der Waals surface area contributed by atoms with Crippen molar-refractivity contribution < 1.29 is 5.11 Å². The molecule has 5 heteroatoms. The third-order valence-corrected chi connectivity index (χ3v) is 6.34. The molecule has 5 heterocycles. The van der Waals surface area contributed by atoms with E-state index < -0.39 is 0 Å². The minimum Gasteiger partial charge on any atom is -0.507 e. The lowest BCUT2D eigenvalue weighted by Gasteiger charge is -2.08. The number of aromatic amines is 2. The maximum Gasteiger partial charge on any atom is 0.124 e. The largest absolute Gasteiger partial charge is 0.507 e. The molecule has 0 saturated carbocycles. The van der Waals surface area contributed by atoms with E-state index in [0.717, 1.165) is 66.7 Å². The molecule has 3 N–H and O–H groups in total. The lowest BCUT2D eigenvalue weighted by molar-refractivity contribution is 0.478. The van der Waals surface area contributed by atoms with E-state index in [0.29, 0.717) is 0 Å². The number of phenols is 1. The predicted molar refractivity (Wildman–Crippen MR) is 143 cm³/mol. The molecule has 0 unspecified atom stereocenters. The van der Waals surface area contributed by atoms with Gasteiger partial charge in [0, 0.05) is 33.2 Å². The first-order valence-electron chi connectivity index (χ1n) is 11.5. The number of rotatable bonds is 1. The summed E-state index contributed by atoms with van der Waals surface area (Å²) in [6.45, 7) is 0. The van der Waals surface area contributed by atoms with Gasteiger partial charge in [-0.1, -0.05) is 30.3 Å². The fraction of sp³-hybridized carbons (Fsp3) is 0. The van der Waals surface area contributed by atoms with Crippen LogP contribution in [-0.2, 0) is 0 Å². The molecule has 35 heavy (non-hydrogen) atoms. The lowest BCUT2D eigenvalue weighted by Crippen LogP contribution is -1.82. The second-order valence-electron chi connectivity index (χ2n) is 8.77. The van der Waals surface area contributed by atoms with E-state index >= 15 is 0 Å². The third kappa shape index (κ3) is 3.50. The van der Waals surface area contributed by atoms with Gasteiger partial charge in [-0.25, -0.2) is 9.97 Å². The monoisotopic (exact) mass is 452 g/mol. The highest BCUT2D eigenvalue weighted by Gasteiger charge is 2.13. The topological polar surface area (TPSA) is 77.6 Å². The molecule has 0 saturated heterocycles. The van der Waals surface area contributed by atoms with E-state index in [1.54, 1.807) is 6.07 Å². The first-order chi connectivity index (χ1) is 17.2. The van der Waals surface area contributed by atoms with Crippen LogP contribution in [-0.4, -0.2) is 25.0 Å².